The molecule has 0 heteroatoms. The third kappa shape index (κ3) is 36.0. The van der Waals surface area contributed by atoms with Gasteiger partial charge >= 0.3 is 0 Å². The van der Waals surface area contributed by atoms with Crippen molar-refractivity contribution in [2.24, 2.45) is 11.8 Å². The van der Waals surface area contributed by atoms with Gasteiger partial charge in [0.1, 0.15) is 0 Å². The zero-order valence-electron chi connectivity index (χ0n) is 14.8. The van der Waals surface area contributed by atoms with Gasteiger partial charge in [-0.05, 0) is 11.8 Å². The highest BCUT2D eigenvalue weighted by molar-refractivity contribution is 4.52. The lowest BCUT2D eigenvalue weighted by atomic mass is 9.98. The molecule has 0 nitrogen and oxygen atoms in total. The Balaban J connectivity index is -0.000000235. The Morgan fingerprint density at radius 2 is 1.11 bits per heavy atom. The van der Waals surface area contributed by atoms with E-state index in [2.05, 4.69) is 55.4 Å². The van der Waals surface area contributed by atoms with Gasteiger partial charge in [-0.15, -0.1) is 0 Å². The summed E-state index contributed by atoms with van der Waals surface area (Å²) in [6.07, 6.45) is 10.9. The molecule has 0 heterocycles. The SMILES string of the molecule is CCC.CCC(C)CCCC(C)C.CCCCC. The zero-order chi connectivity index (χ0) is 14.8. The fourth-order valence-electron chi connectivity index (χ4n) is 1.43. The summed E-state index contributed by atoms with van der Waals surface area (Å²) >= 11 is 0. The van der Waals surface area contributed by atoms with Gasteiger partial charge in [0.25, 0.3) is 0 Å². The zero-order valence-corrected chi connectivity index (χ0v) is 14.8. The summed E-state index contributed by atoms with van der Waals surface area (Å²) in [5, 5.41) is 0. The monoisotopic (exact) mass is 258 g/mol. The van der Waals surface area contributed by atoms with E-state index in [-0.39, 0.29) is 0 Å². The summed E-state index contributed by atoms with van der Waals surface area (Å²) in [6, 6.07) is 0. The molecule has 0 N–H and O–H groups in total. The minimum absolute atomic E-state index is 0.893. The molecule has 0 aromatic heterocycles. The van der Waals surface area contributed by atoms with Crippen molar-refractivity contribution >= 4 is 0 Å². The van der Waals surface area contributed by atoms with Crippen LogP contribution in [-0.4, -0.2) is 0 Å². The van der Waals surface area contributed by atoms with E-state index in [1.54, 1.807) is 0 Å². The smallest absolute Gasteiger partial charge is 0.0445 e. The molecule has 0 saturated carbocycles. The first-order chi connectivity index (χ1) is 8.49. The Kier molecular flexibility index (Phi) is 28.5. The van der Waals surface area contributed by atoms with Gasteiger partial charge in [0.15, 0.2) is 0 Å². The van der Waals surface area contributed by atoms with Gasteiger partial charge in [-0.1, -0.05) is 107 Å². The predicted molar refractivity (Wildman–Crippen MR) is 89.3 cm³/mol. The van der Waals surface area contributed by atoms with Crippen molar-refractivity contribution in [3.05, 3.63) is 0 Å². The Morgan fingerprint density at radius 3 is 1.33 bits per heavy atom. The van der Waals surface area contributed by atoms with Gasteiger partial charge in [0.05, 0.1) is 0 Å². The van der Waals surface area contributed by atoms with Gasteiger partial charge in [-0.25, -0.2) is 0 Å². The lowest BCUT2D eigenvalue weighted by Gasteiger charge is -2.08. The van der Waals surface area contributed by atoms with Crippen molar-refractivity contribution in [3.8, 4) is 0 Å². The van der Waals surface area contributed by atoms with E-state index in [1.807, 2.05) is 0 Å². The minimum atomic E-state index is 0.893. The molecule has 0 rings (SSSR count). The van der Waals surface area contributed by atoms with Crippen LogP contribution < -0.4 is 0 Å². The molecule has 1 unspecified atom stereocenters. The maximum absolute atomic E-state index is 2.35. The third-order valence-corrected chi connectivity index (χ3v) is 2.88. The van der Waals surface area contributed by atoms with Gasteiger partial charge in [-0.3, -0.25) is 0 Å². The van der Waals surface area contributed by atoms with Crippen molar-refractivity contribution < 1.29 is 0 Å². The Hall–Kier alpha value is 0. The quantitative estimate of drug-likeness (QED) is 0.444. The topological polar surface area (TPSA) is 0 Å². The highest BCUT2D eigenvalue weighted by Gasteiger charge is 1.99. The largest absolute Gasteiger partial charge is 0.0656 e. The maximum Gasteiger partial charge on any atom is -0.0445 e. The molecule has 0 amide bonds. The van der Waals surface area contributed by atoms with Gasteiger partial charge in [-0.2, -0.15) is 0 Å². The van der Waals surface area contributed by atoms with Crippen molar-refractivity contribution in [1.29, 1.82) is 0 Å². The number of unbranched alkanes of at least 4 members (excludes halogenated alkanes) is 2. The van der Waals surface area contributed by atoms with Crippen molar-refractivity contribution in [2.45, 2.75) is 107 Å². The third-order valence-electron chi connectivity index (χ3n) is 2.88. The van der Waals surface area contributed by atoms with E-state index in [4.69, 9.17) is 0 Å². The van der Waals surface area contributed by atoms with Crippen LogP contribution in [0.15, 0.2) is 0 Å². The van der Waals surface area contributed by atoms with Crippen LogP contribution in [0.5, 0.6) is 0 Å². The van der Waals surface area contributed by atoms with E-state index in [0.29, 0.717) is 0 Å². The summed E-state index contributed by atoms with van der Waals surface area (Å²) in [7, 11) is 0. The summed E-state index contributed by atoms with van der Waals surface area (Å²) in [5.74, 6) is 1.84. The molecule has 0 spiro atoms. The normalized spacial score (nSPS) is 11.2. The molecule has 0 aliphatic carbocycles. The lowest BCUT2D eigenvalue weighted by Crippen LogP contribution is -1.94. The molecule has 0 aliphatic heterocycles. The molecule has 0 radical (unpaired) electrons. The Bertz CT molecular complexity index is 103. The van der Waals surface area contributed by atoms with Crippen LogP contribution in [0.25, 0.3) is 0 Å². The van der Waals surface area contributed by atoms with E-state index in [1.165, 1.54) is 51.4 Å². The van der Waals surface area contributed by atoms with E-state index in [0.717, 1.165) is 11.8 Å². The second-order valence-electron chi connectivity index (χ2n) is 5.90. The summed E-state index contributed by atoms with van der Waals surface area (Å²) in [4.78, 5) is 0. The Labute approximate surface area is 119 Å². The second-order valence-corrected chi connectivity index (χ2v) is 5.90. The van der Waals surface area contributed by atoms with Crippen molar-refractivity contribution in [3.63, 3.8) is 0 Å². The molecular formula is C18H42. The van der Waals surface area contributed by atoms with Crippen molar-refractivity contribution in [1.82, 2.24) is 0 Å². The molecule has 114 valence electrons. The fraction of sp³-hybridized carbons (Fsp3) is 1.00. The highest BCUT2D eigenvalue weighted by atomic mass is 14.0. The minimum Gasteiger partial charge on any atom is -0.0656 e. The standard InChI is InChI=1S/C10H22.C5H12.C3H8/c1-5-10(4)8-6-7-9(2)3;1-3-5-4-2;1-3-2/h9-10H,5-8H2,1-4H3;3-5H2,1-2H3;3H2,1-2H3. The van der Waals surface area contributed by atoms with Crippen LogP contribution in [-0.2, 0) is 0 Å². The van der Waals surface area contributed by atoms with Crippen molar-refractivity contribution in [2.75, 3.05) is 0 Å². The summed E-state index contributed by atoms with van der Waals surface area (Å²) in [5.41, 5.74) is 0. The first-order valence-electron chi connectivity index (χ1n) is 8.49. The predicted octanol–water partition coefficient (Wildman–Crippen LogP) is 7.47. The molecule has 0 saturated heterocycles. The number of hydrogen-bond acceptors (Lipinski definition) is 0. The van der Waals surface area contributed by atoms with Crippen LogP contribution in [0.4, 0.5) is 0 Å². The van der Waals surface area contributed by atoms with Crippen LogP contribution in [0.3, 0.4) is 0 Å². The molecular weight excluding hydrogens is 216 g/mol. The van der Waals surface area contributed by atoms with Gasteiger partial charge in [0, 0.05) is 0 Å². The van der Waals surface area contributed by atoms with Gasteiger partial charge in [0.2, 0.25) is 0 Å². The molecule has 0 fully saturated rings. The first kappa shape index (κ1) is 23.1. The number of rotatable bonds is 7. The summed E-state index contributed by atoms with van der Waals surface area (Å²) < 4.78 is 0. The van der Waals surface area contributed by atoms with Crippen LogP contribution >= 0.6 is 0 Å². The highest BCUT2D eigenvalue weighted by Crippen LogP contribution is 2.14. The molecule has 18 heavy (non-hydrogen) atoms. The average Bonchev–Trinajstić information content (AvgIpc) is 2.31. The Morgan fingerprint density at radius 1 is 0.667 bits per heavy atom. The number of hydrogen-bond donors (Lipinski definition) is 0. The van der Waals surface area contributed by atoms with Gasteiger partial charge < -0.3 is 0 Å². The van der Waals surface area contributed by atoms with E-state index < -0.39 is 0 Å². The first-order valence-corrected chi connectivity index (χ1v) is 8.49. The van der Waals surface area contributed by atoms with E-state index >= 15 is 0 Å². The summed E-state index contributed by atoms with van der Waals surface area (Å²) in [6.45, 7) is 17.9. The van der Waals surface area contributed by atoms with Crippen LogP contribution in [0.1, 0.15) is 107 Å². The second kappa shape index (κ2) is 22.2. The lowest BCUT2D eigenvalue weighted by molar-refractivity contribution is 0.449. The molecule has 0 aliphatic rings. The molecule has 0 aromatic carbocycles. The van der Waals surface area contributed by atoms with Crippen LogP contribution in [0.2, 0.25) is 0 Å². The average molecular weight is 259 g/mol. The van der Waals surface area contributed by atoms with E-state index in [9.17, 15) is 0 Å². The van der Waals surface area contributed by atoms with Crippen LogP contribution in [0, 0.1) is 11.8 Å². The molecule has 0 bridgehead atoms. The molecule has 0 aromatic rings. The maximum atomic E-state index is 2.35. The fourth-order valence-corrected chi connectivity index (χ4v) is 1.43. The molecule has 1 atom stereocenters.